The van der Waals surface area contributed by atoms with Crippen LogP contribution in [0.2, 0.25) is 0 Å². The zero-order valence-electron chi connectivity index (χ0n) is 10.5. The topological polar surface area (TPSA) is 48.1 Å². The molecule has 0 spiro atoms. The normalized spacial score (nSPS) is 14.8. The standard InChI is InChI=1S/C14H18N2O/c1-9-4-5-11-8-12(6-7-13(11)16-9)14(15)10(2)17-3/h4-8,10,14H,15H2,1-3H3. The Balaban J connectivity index is 2.41. The molecule has 0 aliphatic heterocycles. The highest BCUT2D eigenvalue weighted by Gasteiger charge is 2.14. The number of hydrogen-bond acceptors (Lipinski definition) is 3. The van der Waals surface area contributed by atoms with Gasteiger partial charge in [-0.25, -0.2) is 0 Å². The Labute approximate surface area is 102 Å². The summed E-state index contributed by atoms with van der Waals surface area (Å²) in [5, 5.41) is 1.12. The Morgan fingerprint density at radius 1 is 1.24 bits per heavy atom. The summed E-state index contributed by atoms with van der Waals surface area (Å²) in [4.78, 5) is 4.47. The summed E-state index contributed by atoms with van der Waals surface area (Å²) in [6.45, 7) is 3.97. The fraction of sp³-hybridized carbons (Fsp3) is 0.357. The van der Waals surface area contributed by atoms with Crippen molar-refractivity contribution in [1.29, 1.82) is 0 Å². The smallest absolute Gasteiger partial charge is 0.0735 e. The maximum Gasteiger partial charge on any atom is 0.0735 e. The lowest BCUT2D eigenvalue weighted by Crippen LogP contribution is -2.25. The molecule has 0 bridgehead atoms. The van der Waals surface area contributed by atoms with Crippen molar-refractivity contribution in [3.63, 3.8) is 0 Å². The highest BCUT2D eigenvalue weighted by molar-refractivity contribution is 5.79. The van der Waals surface area contributed by atoms with Gasteiger partial charge in [0.2, 0.25) is 0 Å². The van der Waals surface area contributed by atoms with E-state index < -0.39 is 0 Å². The monoisotopic (exact) mass is 230 g/mol. The molecule has 2 atom stereocenters. The first-order valence-electron chi connectivity index (χ1n) is 5.77. The molecule has 1 aromatic heterocycles. The van der Waals surface area contributed by atoms with Gasteiger partial charge < -0.3 is 10.5 Å². The molecule has 90 valence electrons. The second-order valence-corrected chi connectivity index (χ2v) is 4.37. The molecular weight excluding hydrogens is 212 g/mol. The van der Waals surface area contributed by atoms with Crippen LogP contribution in [0.25, 0.3) is 10.9 Å². The molecule has 0 saturated carbocycles. The number of aryl methyl sites for hydroxylation is 1. The van der Waals surface area contributed by atoms with Crippen molar-refractivity contribution in [2.24, 2.45) is 5.73 Å². The SMILES string of the molecule is COC(C)C(N)c1ccc2nc(C)ccc2c1. The van der Waals surface area contributed by atoms with Gasteiger partial charge in [-0.1, -0.05) is 12.1 Å². The van der Waals surface area contributed by atoms with Crippen LogP contribution < -0.4 is 5.73 Å². The summed E-state index contributed by atoms with van der Waals surface area (Å²) in [7, 11) is 1.68. The van der Waals surface area contributed by atoms with Crippen molar-refractivity contribution in [2.75, 3.05) is 7.11 Å². The number of nitrogens with two attached hydrogens (primary N) is 1. The van der Waals surface area contributed by atoms with Crippen molar-refractivity contribution in [3.05, 3.63) is 41.6 Å². The lowest BCUT2D eigenvalue weighted by atomic mass is 10.0. The third-order valence-electron chi connectivity index (χ3n) is 3.11. The molecule has 2 N–H and O–H groups in total. The van der Waals surface area contributed by atoms with E-state index in [0.717, 1.165) is 22.2 Å². The largest absolute Gasteiger partial charge is 0.380 e. The molecule has 2 rings (SSSR count). The van der Waals surface area contributed by atoms with Gasteiger partial charge in [-0.3, -0.25) is 4.98 Å². The van der Waals surface area contributed by atoms with E-state index in [0.29, 0.717) is 0 Å². The predicted molar refractivity (Wildman–Crippen MR) is 69.9 cm³/mol. The van der Waals surface area contributed by atoms with Gasteiger partial charge in [0.15, 0.2) is 0 Å². The fourth-order valence-corrected chi connectivity index (χ4v) is 1.87. The van der Waals surface area contributed by atoms with Crippen molar-refractivity contribution >= 4 is 10.9 Å². The Bertz CT molecular complexity index is 525. The minimum absolute atomic E-state index is 0.00542. The first-order chi connectivity index (χ1) is 8.11. The van der Waals surface area contributed by atoms with Crippen LogP contribution >= 0.6 is 0 Å². The second-order valence-electron chi connectivity index (χ2n) is 4.37. The third-order valence-corrected chi connectivity index (χ3v) is 3.11. The second kappa shape index (κ2) is 4.82. The van der Waals surface area contributed by atoms with Crippen molar-refractivity contribution < 1.29 is 4.74 Å². The third kappa shape index (κ3) is 2.46. The lowest BCUT2D eigenvalue weighted by Gasteiger charge is -2.19. The zero-order valence-corrected chi connectivity index (χ0v) is 10.5. The summed E-state index contributed by atoms with van der Waals surface area (Å²) < 4.78 is 5.26. The molecule has 2 aromatic rings. The van der Waals surface area contributed by atoms with Crippen LogP contribution in [-0.2, 0) is 4.74 Å². The van der Waals surface area contributed by atoms with Crippen LogP contribution in [0.15, 0.2) is 30.3 Å². The number of fused-ring (bicyclic) bond motifs is 1. The molecule has 0 fully saturated rings. The average Bonchev–Trinajstić information content (AvgIpc) is 2.36. The molecule has 2 unspecified atom stereocenters. The van der Waals surface area contributed by atoms with Gasteiger partial charge in [-0.05, 0) is 37.6 Å². The van der Waals surface area contributed by atoms with Gasteiger partial charge >= 0.3 is 0 Å². The van der Waals surface area contributed by atoms with Gasteiger partial charge in [0.1, 0.15) is 0 Å². The number of ether oxygens (including phenoxy) is 1. The van der Waals surface area contributed by atoms with Crippen LogP contribution in [0.3, 0.4) is 0 Å². The van der Waals surface area contributed by atoms with E-state index in [4.69, 9.17) is 10.5 Å². The molecule has 0 aliphatic carbocycles. The Kier molecular flexibility index (Phi) is 3.41. The fourth-order valence-electron chi connectivity index (χ4n) is 1.87. The number of rotatable bonds is 3. The molecule has 0 saturated heterocycles. The number of pyridine rings is 1. The highest BCUT2D eigenvalue weighted by atomic mass is 16.5. The van der Waals surface area contributed by atoms with E-state index in [2.05, 4.69) is 17.1 Å². The van der Waals surface area contributed by atoms with Gasteiger partial charge in [0.05, 0.1) is 17.7 Å². The first-order valence-corrected chi connectivity index (χ1v) is 5.77. The minimum atomic E-state index is -0.106. The van der Waals surface area contributed by atoms with E-state index >= 15 is 0 Å². The van der Waals surface area contributed by atoms with E-state index in [-0.39, 0.29) is 12.1 Å². The van der Waals surface area contributed by atoms with E-state index in [1.54, 1.807) is 7.11 Å². The minimum Gasteiger partial charge on any atom is -0.380 e. The first kappa shape index (κ1) is 12.0. The quantitative estimate of drug-likeness (QED) is 0.881. The molecule has 0 radical (unpaired) electrons. The van der Waals surface area contributed by atoms with Gasteiger partial charge in [0, 0.05) is 18.2 Å². The van der Waals surface area contributed by atoms with Crippen molar-refractivity contribution in [2.45, 2.75) is 26.0 Å². The van der Waals surface area contributed by atoms with Gasteiger partial charge in [-0.15, -0.1) is 0 Å². The molecule has 3 heteroatoms. The summed E-state index contributed by atoms with van der Waals surface area (Å²) in [6, 6.07) is 10.1. The van der Waals surface area contributed by atoms with E-state index in [1.807, 2.05) is 32.0 Å². The van der Waals surface area contributed by atoms with Crippen molar-refractivity contribution in [3.8, 4) is 0 Å². The van der Waals surface area contributed by atoms with Crippen LogP contribution in [0.1, 0.15) is 24.2 Å². The Morgan fingerprint density at radius 2 is 2.00 bits per heavy atom. The highest BCUT2D eigenvalue weighted by Crippen LogP contribution is 2.21. The number of methoxy groups -OCH3 is 1. The molecule has 17 heavy (non-hydrogen) atoms. The molecular formula is C14H18N2O. The maximum atomic E-state index is 6.12. The Hall–Kier alpha value is -1.45. The van der Waals surface area contributed by atoms with Crippen LogP contribution in [0.4, 0.5) is 0 Å². The zero-order chi connectivity index (χ0) is 12.4. The molecule has 1 aromatic carbocycles. The van der Waals surface area contributed by atoms with Crippen LogP contribution in [0, 0.1) is 6.92 Å². The van der Waals surface area contributed by atoms with Gasteiger partial charge in [-0.2, -0.15) is 0 Å². The van der Waals surface area contributed by atoms with Gasteiger partial charge in [0.25, 0.3) is 0 Å². The summed E-state index contributed by atoms with van der Waals surface area (Å²) in [5.41, 5.74) is 9.24. The summed E-state index contributed by atoms with van der Waals surface area (Å²) in [5.74, 6) is 0. The summed E-state index contributed by atoms with van der Waals surface area (Å²) in [6.07, 6.45) is 0.00542. The number of benzene rings is 1. The Morgan fingerprint density at radius 3 is 2.71 bits per heavy atom. The number of aromatic nitrogens is 1. The molecule has 3 nitrogen and oxygen atoms in total. The van der Waals surface area contributed by atoms with E-state index in [1.165, 1.54) is 0 Å². The predicted octanol–water partition coefficient (Wildman–Crippen LogP) is 2.58. The molecule has 0 aliphatic rings. The molecule has 1 heterocycles. The van der Waals surface area contributed by atoms with Crippen molar-refractivity contribution in [1.82, 2.24) is 4.98 Å². The lowest BCUT2D eigenvalue weighted by molar-refractivity contribution is 0.0957. The number of nitrogens with zero attached hydrogens (tertiary/aromatic N) is 1. The van der Waals surface area contributed by atoms with E-state index in [9.17, 15) is 0 Å². The van der Waals surface area contributed by atoms with Crippen LogP contribution in [0.5, 0.6) is 0 Å². The maximum absolute atomic E-state index is 6.12. The van der Waals surface area contributed by atoms with Crippen LogP contribution in [-0.4, -0.2) is 18.2 Å². The molecule has 0 amide bonds. The summed E-state index contributed by atoms with van der Waals surface area (Å²) >= 11 is 0. The number of hydrogen-bond donors (Lipinski definition) is 1. The average molecular weight is 230 g/mol.